The molecule has 0 unspecified atom stereocenters. The van der Waals surface area contributed by atoms with Crippen LogP contribution in [0.3, 0.4) is 0 Å². The second-order valence-corrected chi connectivity index (χ2v) is 5.54. The van der Waals surface area contributed by atoms with Crippen molar-refractivity contribution in [1.29, 1.82) is 0 Å². The average molecular weight is 310 g/mol. The SMILES string of the molecule is O=C1C=C[C@@H](O)[C@@H]([C@@H](O)C(c2ccccc2)c2ccccc2)O1. The molecule has 4 nitrogen and oxygen atoms in total. The summed E-state index contributed by atoms with van der Waals surface area (Å²) in [5.74, 6) is -0.962. The van der Waals surface area contributed by atoms with Crippen molar-refractivity contribution in [1.82, 2.24) is 0 Å². The fourth-order valence-electron chi connectivity index (χ4n) is 2.90. The Morgan fingerprint density at radius 3 is 1.96 bits per heavy atom. The lowest BCUT2D eigenvalue weighted by Crippen LogP contribution is -2.45. The van der Waals surface area contributed by atoms with Crippen LogP contribution in [-0.2, 0) is 9.53 Å². The van der Waals surface area contributed by atoms with Gasteiger partial charge in [-0.05, 0) is 17.2 Å². The van der Waals surface area contributed by atoms with Gasteiger partial charge in [0.1, 0.15) is 12.2 Å². The zero-order valence-corrected chi connectivity index (χ0v) is 12.4. The van der Waals surface area contributed by atoms with Crippen LogP contribution >= 0.6 is 0 Å². The Bertz CT molecular complexity index is 642. The molecule has 4 heteroatoms. The van der Waals surface area contributed by atoms with E-state index in [0.717, 1.165) is 11.1 Å². The molecular weight excluding hydrogens is 292 g/mol. The van der Waals surface area contributed by atoms with Crippen molar-refractivity contribution >= 4 is 5.97 Å². The molecule has 0 saturated carbocycles. The Labute approximate surface area is 134 Å². The van der Waals surface area contributed by atoms with E-state index in [-0.39, 0.29) is 0 Å². The van der Waals surface area contributed by atoms with Gasteiger partial charge in [-0.2, -0.15) is 0 Å². The molecule has 0 fully saturated rings. The molecule has 0 amide bonds. The molecule has 1 heterocycles. The largest absolute Gasteiger partial charge is 0.453 e. The molecule has 23 heavy (non-hydrogen) atoms. The van der Waals surface area contributed by atoms with Crippen LogP contribution in [-0.4, -0.2) is 34.5 Å². The number of hydrogen-bond acceptors (Lipinski definition) is 4. The summed E-state index contributed by atoms with van der Waals surface area (Å²) in [6.07, 6.45) is -0.569. The standard InChI is InChI=1S/C19H18O4/c20-15-11-12-16(21)23-19(15)18(22)17(13-7-3-1-4-8-13)14-9-5-2-6-10-14/h1-12,15,17-20,22H/t15-,18+,19+/m1/s1. The van der Waals surface area contributed by atoms with E-state index in [1.807, 2.05) is 60.7 Å². The maximum atomic E-state index is 11.5. The van der Waals surface area contributed by atoms with Crippen LogP contribution in [0.25, 0.3) is 0 Å². The molecule has 0 bridgehead atoms. The molecule has 1 aliphatic rings. The number of hydrogen-bond donors (Lipinski definition) is 2. The highest BCUT2D eigenvalue weighted by Gasteiger charge is 2.37. The number of aliphatic hydroxyl groups excluding tert-OH is 2. The Hall–Kier alpha value is -2.43. The normalized spacial score (nSPS) is 22.0. The van der Waals surface area contributed by atoms with Gasteiger partial charge in [0.05, 0.1) is 0 Å². The Kier molecular flexibility index (Phi) is 4.55. The zero-order chi connectivity index (χ0) is 16.2. The first kappa shape index (κ1) is 15.5. The van der Waals surface area contributed by atoms with Crippen LogP contribution in [0.15, 0.2) is 72.8 Å². The summed E-state index contributed by atoms with van der Waals surface area (Å²) in [6, 6.07) is 19.0. The molecule has 2 aromatic carbocycles. The van der Waals surface area contributed by atoms with Gasteiger partial charge in [-0.3, -0.25) is 0 Å². The van der Waals surface area contributed by atoms with Crippen LogP contribution < -0.4 is 0 Å². The summed E-state index contributed by atoms with van der Waals surface area (Å²) in [5, 5.41) is 20.9. The Morgan fingerprint density at radius 2 is 1.43 bits per heavy atom. The predicted octanol–water partition coefficient (Wildman–Crippen LogP) is 2.02. The van der Waals surface area contributed by atoms with E-state index in [0.29, 0.717) is 0 Å². The van der Waals surface area contributed by atoms with Crippen LogP contribution in [0.2, 0.25) is 0 Å². The molecule has 3 rings (SSSR count). The lowest BCUT2D eigenvalue weighted by Gasteiger charge is -2.33. The van der Waals surface area contributed by atoms with Gasteiger partial charge in [-0.1, -0.05) is 60.7 Å². The minimum atomic E-state index is -1.07. The molecule has 0 saturated heterocycles. The molecule has 2 aromatic rings. The highest BCUT2D eigenvalue weighted by Crippen LogP contribution is 2.32. The van der Waals surface area contributed by atoms with Crippen LogP contribution in [0.1, 0.15) is 17.0 Å². The van der Waals surface area contributed by atoms with Gasteiger partial charge in [-0.15, -0.1) is 0 Å². The number of esters is 1. The van der Waals surface area contributed by atoms with Gasteiger partial charge < -0.3 is 14.9 Å². The summed E-state index contributed by atoms with van der Waals surface area (Å²) in [5.41, 5.74) is 1.79. The van der Waals surface area contributed by atoms with Gasteiger partial charge in [0.2, 0.25) is 0 Å². The smallest absolute Gasteiger partial charge is 0.330 e. The first-order chi connectivity index (χ1) is 11.2. The van der Waals surface area contributed by atoms with Crippen molar-refractivity contribution in [2.45, 2.75) is 24.2 Å². The summed E-state index contributed by atoms with van der Waals surface area (Å²) < 4.78 is 5.16. The van der Waals surface area contributed by atoms with Crippen LogP contribution in [0.5, 0.6) is 0 Å². The van der Waals surface area contributed by atoms with Crippen molar-refractivity contribution in [3.63, 3.8) is 0 Å². The number of carbonyl (C=O) groups excluding carboxylic acids is 1. The molecule has 1 aliphatic heterocycles. The predicted molar refractivity (Wildman–Crippen MR) is 85.8 cm³/mol. The summed E-state index contributed by atoms with van der Waals surface area (Å²) in [4.78, 5) is 11.5. The summed E-state index contributed by atoms with van der Waals surface area (Å²) in [7, 11) is 0. The second kappa shape index (κ2) is 6.77. The van der Waals surface area contributed by atoms with Crippen molar-refractivity contribution in [2.75, 3.05) is 0 Å². The third-order valence-electron chi connectivity index (χ3n) is 4.01. The van der Waals surface area contributed by atoms with Gasteiger partial charge in [0.25, 0.3) is 0 Å². The van der Waals surface area contributed by atoms with E-state index >= 15 is 0 Å². The quantitative estimate of drug-likeness (QED) is 0.848. The maximum absolute atomic E-state index is 11.5. The highest BCUT2D eigenvalue weighted by atomic mass is 16.6. The monoisotopic (exact) mass is 310 g/mol. The van der Waals surface area contributed by atoms with Gasteiger partial charge in [0, 0.05) is 12.0 Å². The number of aliphatic hydroxyl groups is 2. The van der Waals surface area contributed by atoms with Crippen LogP contribution in [0, 0.1) is 0 Å². The minimum absolute atomic E-state index is 0.406. The summed E-state index contributed by atoms with van der Waals surface area (Å²) >= 11 is 0. The number of rotatable bonds is 4. The van der Waals surface area contributed by atoms with Crippen molar-refractivity contribution < 1.29 is 19.7 Å². The van der Waals surface area contributed by atoms with E-state index in [4.69, 9.17) is 4.74 Å². The lowest BCUT2D eigenvalue weighted by molar-refractivity contribution is -0.159. The molecule has 0 aromatic heterocycles. The molecule has 2 N–H and O–H groups in total. The second-order valence-electron chi connectivity index (χ2n) is 5.54. The number of cyclic esters (lactones) is 1. The van der Waals surface area contributed by atoms with E-state index in [9.17, 15) is 15.0 Å². The Balaban J connectivity index is 1.98. The molecule has 0 aliphatic carbocycles. The topological polar surface area (TPSA) is 66.8 Å². The van der Waals surface area contributed by atoms with E-state index in [2.05, 4.69) is 0 Å². The van der Waals surface area contributed by atoms with E-state index in [1.165, 1.54) is 12.2 Å². The maximum Gasteiger partial charge on any atom is 0.330 e. The molecule has 0 radical (unpaired) electrons. The van der Waals surface area contributed by atoms with Gasteiger partial charge >= 0.3 is 5.97 Å². The van der Waals surface area contributed by atoms with Gasteiger partial charge in [-0.25, -0.2) is 4.79 Å². The molecule has 3 atom stereocenters. The summed E-state index contributed by atoms with van der Waals surface area (Å²) in [6.45, 7) is 0. The fraction of sp³-hybridized carbons (Fsp3) is 0.211. The van der Waals surface area contributed by atoms with Crippen LogP contribution in [0.4, 0.5) is 0 Å². The number of carbonyl (C=O) groups is 1. The third kappa shape index (κ3) is 3.33. The molecule has 0 spiro atoms. The van der Waals surface area contributed by atoms with E-state index in [1.54, 1.807) is 0 Å². The number of ether oxygens (including phenoxy) is 1. The van der Waals surface area contributed by atoms with Crippen molar-refractivity contribution in [3.8, 4) is 0 Å². The lowest BCUT2D eigenvalue weighted by atomic mass is 9.82. The zero-order valence-electron chi connectivity index (χ0n) is 12.4. The Morgan fingerprint density at radius 1 is 0.913 bits per heavy atom. The molecule has 118 valence electrons. The molecular formula is C19H18O4. The first-order valence-electron chi connectivity index (χ1n) is 7.51. The highest BCUT2D eigenvalue weighted by molar-refractivity contribution is 5.83. The fourth-order valence-corrected chi connectivity index (χ4v) is 2.90. The van der Waals surface area contributed by atoms with Crippen molar-refractivity contribution in [2.24, 2.45) is 0 Å². The first-order valence-corrected chi connectivity index (χ1v) is 7.51. The van der Waals surface area contributed by atoms with E-state index < -0.39 is 30.2 Å². The third-order valence-corrected chi connectivity index (χ3v) is 4.01. The van der Waals surface area contributed by atoms with Crippen molar-refractivity contribution in [3.05, 3.63) is 83.9 Å². The van der Waals surface area contributed by atoms with Gasteiger partial charge in [0.15, 0.2) is 6.10 Å². The number of benzene rings is 2. The minimum Gasteiger partial charge on any atom is -0.453 e. The average Bonchev–Trinajstić information content (AvgIpc) is 2.59.